The van der Waals surface area contributed by atoms with E-state index in [1.807, 2.05) is 17.5 Å². The second kappa shape index (κ2) is 4.91. The zero-order chi connectivity index (χ0) is 10.5. The zero-order valence-corrected chi connectivity index (χ0v) is 9.13. The van der Waals surface area contributed by atoms with Crippen LogP contribution in [0, 0.1) is 0 Å². The van der Waals surface area contributed by atoms with E-state index in [2.05, 4.69) is 22.4 Å². The van der Waals surface area contributed by atoms with Crippen LogP contribution in [-0.4, -0.2) is 11.5 Å². The van der Waals surface area contributed by atoms with Gasteiger partial charge in [-0.25, -0.2) is 4.98 Å². The number of nitrogens with zero attached hydrogens (tertiary/aromatic N) is 1. The predicted molar refractivity (Wildman–Crippen MR) is 64.6 cm³/mol. The Kier molecular flexibility index (Phi) is 3.32. The number of hydrogen-bond acceptors (Lipinski definition) is 4. The summed E-state index contributed by atoms with van der Waals surface area (Å²) in [5, 5.41) is 6.10. The van der Waals surface area contributed by atoms with Gasteiger partial charge in [-0.1, -0.05) is 12.1 Å². The number of thiazole rings is 1. The highest BCUT2D eigenvalue weighted by molar-refractivity contribution is 7.13. The highest BCUT2D eigenvalue weighted by atomic mass is 32.1. The summed E-state index contributed by atoms with van der Waals surface area (Å²) in [7, 11) is 0. The molecule has 1 heterocycles. The third kappa shape index (κ3) is 2.78. The third-order valence-corrected chi connectivity index (χ3v) is 2.76. The molecule has 0 aliphatic rings. The number of aromatic nitrogens is 1. The second-order valence-corrected chi connectivity index (χ2v) is 4.09. The Labute approximate surface area is 93.0 Å². The fraction of sp³-hybridized carbons (Fsp3) is 0.182. The first-order valence-electron chi connectivity index (χ1n) is 4.84. The minimum Gasteiger partial charge on any atom is -0.332 e. The highest BCUT2D eigenvalue weighted by Gasteiger charge is 1.96. The quantitative estimate of drug-likeness (QED) is 0.830. The van der Waals surface area contributed by atoms with E-state index in [9.17, 15) is 0 Å². The van der Waals surface area contributed by atoms with Gasteiger partial charge in [0.2, 0.25) is 0 Å². The lowest BCUT2D eigenvalue weighted by Gasteiger charge is -2.03. The first-order valence-corrected chi connectivity index (χ1v) is 5.72. The predicted octanol–water partition coefficient (Wildman–Crippen LogP) is 2.39. The molecule has 2 aromatic rings. The average molecular weight is 219 g/mol. The summed E-state index contributed by atoms with van der Waals surface area (Å²) >= 11 is 1.59. The van der Waals surface area contributed by atoms with Crippen LogP contribution in [-0.2, 0) is 6.42 Å². The molecule has 0 radical (unpaired) electrons. The number of hydrogen-bond donors (Lipinski definition) is 2. The molecule has 2 rings (SSSR count). The summed E-state index contributed by atoms with van der Waals surface area (Å²) < 4.78 is 0. The van der Waals surface area contributed by atoms with Crippen molar-refractivity contribution < 1.29 is 0 Å². The van der Waals surface area contributed by atoms with Crippen molar-refractivity contribution in [3.05, 3.63) is 41.4 Å². The van der Waals surface area contributed by atoms with E-state index in [0.29, 0.717) is 6.54 Å². The fourth-order valence-corrected chi connectivity index (χ4v) is 1.88. The SMILES string of the molecule is NCCc1ccc(Nc2nccs2)cc1. The Bertz CT molecular complexity index is 394. The van der Waals surface area contributed by atoms with E-state index in [1.54, 1.807) is 17.5 Å². The van der Waals surface area contributed by atoms with Gasteiger partial charge in [0, 0.05) is 17.3 Å². The minimum atomic E-state index is 0.694. The number of rotatable bonds is 4. The molecule has 0 aliphatic carbocycles. The molecule has 0 amide bonds. The smallest absolute Gasteiger partial charge is 0.187 e. The molecule has 0 saturated carbocycles. The first kappa shape index (κ1) is 10.1. The molecular formula is C11H13N3S. The molecule has 15 heavy (non-hydrogen) atoms. The second-order valence-electron chi connectivity index (χ2n) is 3.20. The van der Waals surface area contributed by atoms with E-state index in [-0.39, 0.29) is 0 Å². The van der Waals surface area contributed by atoms with Gasteiger partial charge < -0.3 is 11.1 Å². The standard InChI is InChI=1S/C11H13N3S/c12-6-5-9-1-3-10(4-2-9)14-11-13-7-8-15-11/h1-4,7-8H,5-6,12H2,(H,13,14). The monoisotopic (exact) mass is 219 g/mol. The van der Waals surface area contributed by atoms with Crippen LogP contribution < -0.4 is 11.1 Å². The summed E-state index contributed by atoms with van der Waals surface area (Å²) in [5.74, 6) is 0. The van der Waals surface area contributed by atoms with Gasteiger partial charge in [-0.2, -0.15) is 0 Å². The van der Waals surface area contributed by atoms with Crippen molar-refractivity contribution >= 4 is 22.2 Å². The molecule has 78 valence electrons. The number of anilines is 2. The van der Waals surface area contributed by atoms with Crippen molar-refractivity contribution in [1.82, 2.24) is 4.98 Å². The topological polar surface area (TPSA) is 50.9 Å². The highest BCUT2D eigenvalue weighted by Crippen LogP contribution is 2.18. The maximum atomic E-state index is 5.48. The minimum absolute atomic E-state index is 0.694. The van der Waals surface area contributed by atoms with Gasteiger partial charge in [-0.05, 0) is 30.7 Å². The number of nitrogens with one attached hydrogen (secondary N) is 1. The lowest BCUT2D eigenvalue weighted by atomic mass is 10.1. The van der Waals surface area contributed by atoms with Gasteiger partial charge in [0.25, 0.3) is 0 Å². The van der Waals surface area contributed by atoms with Crippen LogP contribution in [0.4, 0.5) is 10.8 Å². The Morgan fingerprint density at radius 2 is 2.07 bits per heavy atom. The average Bonchev–Trinajstić information content (AvgIpc) is 2.74. The van der Waals surface area contributed by atoms with Crippen LogP contribution in [0.2, 0.25) is 0 Å². The first-order chi connectivity index (χ1) is 7.38. The van der Waals surface area contributed by atoms with Crippen LogP contribution in [0.5, 0.6) is 0 Å². The normalized spacial score (nSPS) is 10.2. The molecule has 0 saturated heterocycles. The van der Waals surface area contributed by atoms with Crippen LogP contribution in [0.1, 0.15) is 5.56 Å². The Morgan fingerprint density at radius 3 is 2.67 bits per heavy atom. The molecule has 0 bridgehead atoms. The molecule has 3 nitrogen and oxygen atoms in total. The molecular weight excluding hydrogens is 206 g/mol. The van der Waals surface area contributed by atoms with Gasteiger partial charge in [-0.15, -0.1) is 11.3 Å². The fourth-order valence-electron chi connectivity index (χ4n) is 1.33. The molecule has 3 N–H and O–H groups in total. The molecule has 0 fully saturated rings. The van der Waals surface area contributed by atoms with E-state index in [0.717, 1.165) is 17.2 Å². The number of nitrogens with two attached hydrogens (primary N) is 1. The maximum Gasteiger partial charge on any atom is 0.187 e. The van der Waals surface area contributed by atoms with Crippen LogP contribution in [0.15, 0.2) is 35.8 Å². The lowest BCUT2D eigenvalue weighted by molar-refractivity contribution is 0.969. The maximum absolute atomic E-state index is 5.48. The number of benzene rings is 1. The van der Waals surface area contributed by atoms with Crippen molar-refractivity contribution in [3.8, 4) is 0 Å². The van der Waals surface area contributed by atoms with Crippen LogP contribution in [0.25, 0.3) is 0 Å². The molecule has 0 atom stereocenters. The van der Waals surface area contributed by atoms with E-state index in [4.69, 9.17) is 5.73 Å². The van der Waals surface area contributed by atoms with Crippen molar-refractivity contribution in [2.45, 2.75) is 6.42 Å². The van der Waals surface area contributed by atoms with E-state index >= 15 is 0 Å². The Morgan fingerprint density at radius 1 is 1.27 bits per heavy atom. The molecule has 1 aromatic carbocycles. The van der Waals surface area contributed by atoms with E-state index < -0.39 is 0 Å². The Hall–Kier alpha value is -1.39. The van der Waals surface area contributed by atoms with Crippen LogP contribution >= 0.6 is 11.3 Å². The Balaban J connectivity index is 2.04. The molecule has 0 aliphatic heterocycles. The van der Waals surface area contributed by atoms with Gasteiger partial charge in [-0.3, -0.25) is 0 Å². The van der Waals surface area contributed by atoms with Crippen molar-refractivity contribution in [2.24, 2.45) is 5.73 Å². The molecule has 1 aromatic heterocycles. The molecule has 0 spiro atoms. The lowest BCUT2D eigenvalue weighted by Crippen LogP contribution is -2.02. The van der Waals surface area contributed by atoms with E-state index in [1.165, 1.54) is 5.56 Å². The largest absolute Gasteiger partial charge is 0.332 e. The summed E-state index contributed by atoms with van der Waals surface area (Å²) in [4.78, 5) is 4.16. The zero-order valence-electron chi connectivity index (χ0n) is 8.31. The van der Waals surface area contributed by atoms with Crippen molar-refractivity contribution in [1.29, 1.82) is 0 Å². The van der Waals surface area contributed by atoms with Gasteiger partial charge in [0.15, 0.2) is 5.13 Å². The summed E-state index contributed by atoms with van der Waals surface area (Å²) in [6.45, 7) is 0.694. The summed E-state index contributed by atoms with van der Waals surface area (Å²) in [6, 6.07) is 8.27. The summed E-state index contributed by atoms with van der Waals surface area (Å²) in [6.07, 6.45) is 2.72. The molecule has 4 heteroatoms. The van der Waals surface area contributed by atoms with Gasteiger partial charge in [0.1, 0.15) is 0 Å². The third-order valence-electron chi connectivity index (χ3n) is 2.07. The molecule has 0 unspecified atom stereocenters. The van der Waals surface area contributed by atoms with Crippen molar-refractivity contribution in [2.75, 3.05) is 11.9 Å². The summed E-state index contributed by atoms with van der Waals surface area (Å²) in [5.41, 5.74) is 7.81. The van der Waals surface area contributed by atoms with Gasteiger partial charge >= 0.3 is 0 Å². The van der Waals surface area contributed by atoms with Gasteiger partial charge in [0.05, 0.1) is 0 Å². The van der Waals surface area contributed by atoms with Crippen molar-refractivity contribution in [3.63, 3.8) is 0 Å². The van der Waals surface area contributed by atoms with Crippen LogP contribution in [0.3, 0.4) is 0 Å².